The second kappa shape index (κ2) is 8.30. The lowest BCUT2D eigenvalue weighted by Crippen LogP contribution is -2.22. The molecule has 5 heteroatoms. The minimum Gasteiger partial charge on any atom is -0.309 e. The van der Waals surface area contributed by atoms with Gasteiger partial charge in [0.15, 0.2) is 0 Å². The van der Waals surface area contributed by atoms with Gasteiger partial charge in [0.05, 0.1) is 10.0 Å². The zero-order chi connectivity index (χ0) is 15.2. The van der Waals surface area contributed by atoms with Crippen LogP contribution in [0.2, 0.25) is 15.1 Å². The molecule has 0 bridgehead atoms. The van der Waals surface area contributed by atoms with Crippen LogP contribution >= 0.6 is 46.6 Å². The summed E-state index contributed by atoms with van der Waals surface area (Å²) in [6.45, 7) is 2.99. The van der Waals surface area contributed by atoms with Crippen molar-refractivity contribution >= 4 is 46.6 Å². The van der Waals surface area contributed by atoms with Crippen molar-refractivity contribution in [1.82, 2.24) is 5.32 Å². The van der Waals surface area contributed by atoms with Gasteiger partial charge in [-0.05, 0) is 48.5 Å². The molecule has 1 nitrogen and oxygen atoms in total. The first-order valence-electron chi connectivity index (χ1n) is 6.67. The normalized spacial score (nSPS) is 12.4. The van der Waals surface area contributed by atoms with Crippen molar-refractivity contribution in [3.63, 3.8) is 0 Å². The summed E-state index contributed by atoms with van der Waals surface area (Å²) in [5.74, 6) is 0.910. The van der Waals surface area contributed by atoms with Gasteiger partial charge in [0.1, 0.15) is 0 Å². The molecule has 2 aromatic rings. The average molecular weight is 361 g/mol. The highest BCUT2D eigenvalue weighted by atomic mass is 35.5. The number of thioether (sulfide) groups is 1. The predicted molar refractivity (Wildman–Crippen MR) is 95.1 cm³/mol. The van der Waals surface area contributed by atoms with Crippen LogP contribution in [-0.4, -0.2) is 12.3 Å². The molecule has 0 spiro atoms. The van der Waals surface area contributed by atoms with Gasteiger partial charge in [0.25, 0.3) is 0 Å². The van der Waals surface area contributed by atoms with Crippen LogP contribution in [0.15, 0.2) is 47.4 Å². The molecular formula is C16H16Cl3NS. The Kier molecular flexibility index (Phi) is 6.72. The number of benzene rings is 2. The summed E-state index contributed by atoms with van der Waals surface area (Å²) in [6, 6.07) is 13.9. The van der Waals surface area contributed by atoms with Gasteiger partial charge >= 0.3 is 0 Å². The van der Waals surface area contributed by atoms with Crippen LogP contribution < -0.4 is 5.32 Å². The Morgan fingerprint density at radius 2 is 1.71 bits per heavy atom. The Morgan fingerprint density at radius 1 is 1.00 bits per heavy atom. The quantitative estimate of drug-likeness (QED) is 0.625. The van der Waals surface area contributed by atoms with Gasteiger partial charge in [-0.2, -0.15) is 0 Å². The van der Waals surface area contributed by atoms with Gasteiger partial charge in [-0.1, -0.05) is 47.8 Å². The van der Waals surface area contributed by atoms with Crippen LogP contribution in [0.5, 0.6) is 0 Å². The smallest absolute Gasteiger partial charge is 0.0595 e. The van der Waals surface area contributed by atoms with Gasteiger partial charge in [-0.3, -0.25) is 0 Å². The fourth-order valence-electron chi connectivity index (χ4n) is 1.96. The molecule has 0 amide bonds. The van der Waals surface area contributed by atoms with E-state index < -0.39 is 0 Å². The Labute approximate surface area is 145 Å². The Morgan fingerprint density at radius 3 is 2.33 bits per heavy atom. The summed E-state index contributed by atoms with van der Waals surface area (Å²) in [6.07, 6.45) is 0. The van der Waals surface area contributed by atoms with E-state index in [1.807, 2.05) is 42.5 Å². The zero-order valence-electron chi connectivity index (χ0n) is 11.6. The summed E-state index contributed by atoms with van der Waals surface area (Å²) in [7, 11) is 0. The standard InChI is InChI=1S/C16H16Cl3NS/c1-2-20-16(11-3-8-14(18)15(19)9-11)10-21-13-6-4-12(17)5-7-13/h3-9,16,20H,2,10H2,1H3. The Bertz CT molecular complexity index is 587. The molecule has 0 saturated carbocycles. The monoisotopic (exact) mass is 359 g/mol. The van der Waals surface area contributed by atoms with Crippen LogP contribution in [0, 0.1) is 0 Å². The summed E-state index contributed by atoms with van der Waals surface area (Å²) in [4.78, 5) is 1.20. The van der Waals surface area contributed by atoms with Crippen LogP contribution in [0.4, 0.5) is 0 Å². The van der Waals surface area contributed by atoms with E-state index in [2.05, 4.69) is 12.2 Å². The molecule has 0 aliphatic heterocycles. The summed E-state index contributed by atoms with van der Waals surface area (Å²) >= 11 is 19.8. The number of hydrogen-bond donors (Lipinski definition) is 1. The fraction of sp³-hybridized carbons (Fsp3) is 0.250. The SMILES string of the molecule is CCNC(CSc1ccc(Cl)cc1)c1ccc(Cl)c(Cl)c1. The van der Waals surface area contributed by atoms with Crippen LogP contribution in [0.1, 0.15) is 18.5 Å². The summed E-state index contributed by atoms with van der Waals surface area (Å²) in [5.41, 5.74) is 1.15. The highest BCUT2D eigenvalue weighted by Crippen LogP contribution is 2.29. The van der Waals surface area contributed by atoms with Crippen LogP contribution in [0.3, 0.4) is 0 Å². The first-order valence-corrected chi connectivity index (χ1v) is 8.78. The average Bonchev–Trinajstić information content (AvgIpc) is 2.48. The molecule has 1 unspecified atom stereocenters. The molecule has 1 N–H and O–H groups in total. The van der Waals surface area contributed by atoms with Gasteiger partial charge in [0.2, 0.25) is 0 Å². The minimum absolute atomic E-state index is 0.227. The van der Waals surface area contributed by atoms with Gasteiger partial charge in [-0.25, -0.2) is 0 Å². The van der Waals surface area contributed by atoms with Gasteiger partial charge in [0, 0.05) is 21.7 Å². The third-order valence-corrected chi connectivity index (χ3v) is 5.12. The van der Waals surface area contributed by atoms with Crippen molar-refractivity contribution in [1.29, 1.82) is 0 Å². The van der Waals surface area contributed by atoms with Crippen LogP contribution in [-0.2, 0) is 0 Å². The largest absolute Gasteiger partial charge is 0.309 e. The molecule has 21 heavy (non-hydrogen) atoms. The highest BCUT2D eigenvalue weighted by molar-refractivity contribution is 7.99. The first-order chi connectivity index (χ1) is 10.1. The third-order valence-electron chi connectivity index (χ3n) is 3.03. The van der Waals surface area contributed by atoms with E-state index in [9.17, 15) is 0 Å². The molecular weight excluding hydrogens is 345 g/mol. The van der Waals surface area contributed by atoms with E-state index >= 15 is 0 Å². The number of halogens is 3. The summed E-state index contributed by atoms with van der Waals surface area (Å²) in [5, 5.41) is 5.41. The molecule has 0 aromatic heterocycles. The molecule has 0 fully saturated rings. The Hall–Kier alpha value is -0.380. The van der Waals surface area contributed by atoms with Crippen molar-refractivity contribution < 1.29 is 0 Å². The van der Waals surface area contributed by atoms with Crippen molar-refractivity contribution in [3.8, 4) is 0 Å². The van der Waals surface area contributed by atoms with Crippen molar-refractivity contribution in [2.45, 2.75) is 17.9 Å². The van der Waals surface area contributed by atoms with E-state index in [-0.39, 0.29) is 6.04 Å². The third kappa shape index (κ3) is 5.08. The predicted octanol–water partition coefficient (Wildman–Crippen LogP) is 6.09. The van der Waals surface area contributed by atoms with E-state index in [1.165, 1.54) is 4.90 Å². The summed E-state index contributed by atoms with van der Waals surface area (Å²) < 4.78 is 0. The number of nitrogens with one attached hydrogen (secondary N) is 1. The molecule has 2 rings (SSSR count). The Balaban J connectivity index is 2.07. The lowest BCUT2D eigenvalue weighted by molar-refractivity contribution is 0.606. The molecule has 1 atom stereocenters. The molecule has 0 saturated heterocycles. The second-order valence-corrected chi connectivity index (χ2v) is 6.89. The van der Waals surface area contributed by atoms with Crippen molar-refractivity contribution in [2.24, 2.45) is 0 Å². The molecule has 112 valence electrons. The van der Waals surface area contributed by atoms with E-state index in [1.54, 1.807) is 11.8 Å². The maximum absolute atomic E-state index is 6.11. The van der Waals surface area contributed by atoms with Gasteiger partial charge < -0.3 is 5.32 Å². The second-order valence-electron chi connectivity index (χ2n) is 4.55. The minimum atomic E-state index is 0.227. The molecule has 0 aliphatic rings. The maximum atomic E-state index is 6.11. The number of hydrogen-bond acceptors (Lipinski definition) is 2. The fourth-order valence-corrected chi connectivity index (χ4v) is 3.39. The molecule has 2 aromatic carbocycles. The maximum Gasteiger partial charge on any atom is 0.0595 e. The van der Waals surface area contributed by atoms with E-state index in [4.69, 9.17) is 34.8 Å². The van der Waals surface area contributed by atoms with E-state index in [0.29, 0.717) is 10.0 Å². The number of rotatable bonds is 6. The van der Waals surface area contributed by atoms with Crippen molar-refractivity contribution in [3.05, 3.63) is 63.1 Å². The van der Waals surface area contributed by atoms with Crippen molar-refractivity contribution in [2.75, 3.05) is 12.3 Å². The molecule has 0 heterocycles. The highest BCUT2D eigenvalue weighted by Gasteiger charge is 2.12. The lowest BCUT2D eigenvalue weighted by atomic mass is 10.1. The topological polar surface area (TPSA) is 12.0 Å². The zero-order valence-corrected chi connectivity index (χ0v) is 14.7. The van der Waals surface area contributed by atoms with E-state index in [0.717, 1.165) is 22.9 Å². The lowest BCUT2D eigenvalue weighted by Gasteiger charge is -2.18. The van der Waals surface area contributed by atoms with Crippen LogP contribution in [0.25, 0.3) is 0 Å². The first kappa shape index (κ1) is 17.0. The molecule has 0 aliphatic carbocycles. The van der Waals surface area contributed by atoms with Gasteiger partial charge in [-0.15, -0.1) is 11.8 Å². The molecule has 0 radical (unpaired) electrons.